The third-order valence-electron chi connectivity index (χ3n) is 2.73. The fourth-order valence-electron chi connectivity index (χ4n) is 1.70. The minimum atomic E-state index is 0.0744. The first-order chi connectivity index (χ1) is 9.04. The summed E-state index contributed by atoms with van der Waals surface area (Å²) < 4.78 is 5.51. The van der Waals surface area contributed by atoms with Crippen molar-refractivity contribution in [1.29, 1.82) is 0 Å². The standard InChI is InChI=1S/C15H22N2O2/c1-4-10-17(12(2)3)15(18)9-11-19-14-7-5-13(16)6-8-14/h4-8,12H,1,9-11,16H2,2-3H3. The van der Waals surface area contributed by atoms with Crippen LogP contribution in [0.3, 0.4) is 0 Å². The molecule has 0 spiro atoms. The lowest BCUT2D eigenvalue weighted by molar-refractivity contribution is -0.132. The number of anilines is 1. The van der Waals surface area contributed by atoms with E-state index in [1.807, 2.05) is 13.8 Å². The number of hydrogen-bond donors (Lipinski definition) is 1. The third-order valence-corrected chi connectivity index (χ3v) is 2.73. The summed E-state index contributed by atoms with van der Waals surface area (Å²) in [5.41, 5.74) is 6.28. The summed E-state index contributed by atoms with van der Waals surface area (Å²) in [6.45, 7) is 8.57. The SMILES string of the molecule is C=CCN(C(=O)CCOc1ccc(N)cc1)C(C)C. The van der Waals surface area contributed by atoms with Gasteiger partial charge in [-0.1, -0.05) is 6.08 Å². The van der Waals surface area contributed by atoms with Crippen molar-refractivity contribution in [3.05, 3.63) is 36.9 Å². The van der Waals surface area contributed by atoms with Gasteiger partial charge in [0.25, 0.3) is 0 Å². The van der Waals surface area contributed by atoms with Crippen LogP contribution in [0.25, 0.3) is 0 Å². The smallest absolute Gasteiger partial charge is 0.226 e. The number of nitrogens with two attached hydrogens (primary N) is 1. The number of rotatable bonds is 7. The summed E-state index contributed by atoms with van der Waals surface area (Å²) in [6.07, 6.45) is 2.09. The van der Waals surface area contributed by atoms with Crippen LogP contribution in [0.5, 0.6) is 5.75 Å². The highest BCUT2D eigenvalue weighted by molar-refractivity contribution is 5.76. The van der Waals surface area contributed by atoms with Gasteiger partial charge in [-0.3, -0.25) is 4.79 Å². The van der Waals surface area contributed by atoms with E-state index >= 15 is 0 Å². The maximum absolute atomic E-state index is 12.0. The Morgan fingerprint density at radius 3 is 2.58 bits per heavy atom. The molecule has 4 heteroatoms. The van der Waals surface area contributed by atoms with Crippen LogP contribution in [0.1, 0.15) is 20.3 Å². The highest BCUT2D eigenvalue weighted by atomic mass is 16.5. The van der Waals surface area contributed by atoms with Crippen LogP contribution in [-0.2, 0) is 4.79 Å². The Hall–Kier alpha value is -1.97. The van der Waals surface area contributed by atoms with E-state index in [1.54, 1.807) is 35.2 Å². The Bertz CT molecular complexity index is 413. The molecule has 0 aliphatic carbocycles. The fraction of sp³-hybridized carbons (Fsp3) is 0.400. The van der Waals surface area contributed by atoms with E-state index in [2.05, 4.69) is 6.58 Å². The zero-order valence-corrected chi connectivity index (χ0v) is 11.6. The molecule has 2 N–H and O–H groups in total. The molecule has 0 atom stereocenters. The first-order valence-electron chi connectivity index (χ1n) is 6.43. The van der Waals surface area contributed by atoms with Crippen LogP contribution in [0, 0.1) is 0 Å². The second-order valence-electron chi connectivity index (χ2n) is 4.60. The minimum Gasteiger partial charge on any atom is -0.493 e. The van der Waals surface area contributed by atoms with Crippen LogP contribution in [0.4, 0.5) is 5.69 Å². The Labute approximate surface area is 114 Å². The topological polar surface area (TPSA) is 55.6 Å². The van der Waals surface area contributed by atoms with E-state index in [1.165, 1.54) is 0 Å². The minimum absolute atomic E-state index is 0.0744. The molecular weight excluding hydrogens is 240 g/mol. The molecular formula is C15H22N2O2. The van der Waals surface area contributed by atoms with Gasteiger partial charge in [0.2, 0.25) is 5.91 Å². The zero-order valence-electron chi connectivity index (χ0n) is 11.6. The number of carbonyl (C=O) groups excluding carboxylic acids is 1. The Morgan fingerprint density at radius 1 is 1.42 bits per heavy atom. The number of amides is 1. The highest BCUT2D eigenvalue weighted by Crippen LogP contribution is 2.13. The van der Waals surface area contributed by atoms with E-state index < -0.39 is 0 Å². The molecule has 0 aliphatic rings. The van der Waals surface area contributed by atoms with Crippen molar-refractivity contribution in [2.45, 2.75) is 26.3 Å². The second-order valence-corrected chi connectivity index (χ2v) is 4.60. The summed E-state index contributed by atoms with van der Waals surface area (Å²) in [5, 5.41) is 0. The van der Waals surface area contributed by atoms with E-state index in [0.29, 0.717) is 25.3 Å². The monoisotopic (exact) mass is 262 g/mol. The molecule has 0 aliphatic heterocycles. The second kappa shape index (κ2) is 7.46. The van der Waals surface area contributed by atoms with Gasteiger partial charge in [0.1, 0.15) is 5.75 Å². The molecule has 0 fully saturated rings. The van der Waals surface area contributed by atoms with Crippen molar-refractivity contribution < 1.29 is 9.53 Å². The predicted molar refractivity (Wildman–Crippen MR) is 78.0 cm³/mol. The van der Waals surface area contributed by atoms with Crippen LogP contribution >= 0.6 is 0 Å². The summed E-state index contributed by atoms with van der Waals surface area (Å²) >= 11 is 0. The molecule has 0 heterocycles. The van der Waals surface area contributed by atoms with Gasteiger partial charge in [-0.2, -0.15) is 0 Å². The van der Waals surface area contributed by atoms with Crippen molar-refractivity contribution in [1.82, 2.24) is 4.90 Å². The van der Waals surface area contributed by atoms with Gasteiger partial charge >= 0.3 is 0 Å². The quantitative estimate of drug-likeness (QED) is 0.606. The lowest BCUT2D eigenvalue weighted by atomic mass is 10.2. The van der Waals surface area contributed by atoms with E-state index in [0.717, 1.165) is 5.75 Å². The molecule has 19 heavy (non-hydrogen) atoms. The molecule has 1 amide bonds. The predicted octanol–water partition coefficient (Wildman–Crippen LogP) is 2.46. The van der Waals surface area contributed by atoms with Gasteiger partial charge in [0, 0.05) is 18.3 Å². The van der Waals surface area contributed by atoms with Crippen LogP contribution < -0.4 is 10.5 Å². The Kier molecular flexibility index (Phi) is 5.93. The Balaban J connectivity index is 2.41. The third kappa shape index (κ3) is 5.04. The number of nitrogen functional groups attached to an aromatic ring is 1. The molecule has 0 radical (unpaired) electrons. The first kappa shape index (κ1) is 15.1. The molecule has 1 aromatic carbocycles. The molecule has 0 unspecified atom stereocenters. The molecule has 0 aromatic heterocycles. The number of hydrogen-bond acceptors (Lipinski definition) is 3. The number of benzene rings is 1. The maximum atomic E-state index is 12.0. The largest absolute Gasteiger partial charge is 0.493 e. The fourth-order valence-corrected chi connectivity index (χ4v) is 1.70. The van der Waals surface area contributed by atoms with E-state index in [4.69, 9.17) is 10.5 Å². The molecule has 1 aromatic rings. The van der Waals surface area contributed by atoms with E-state index in [-0.39, 0.29) is 11.9 Å². The maximum Gasteiger partial charge on any atom is 0.226 e. The summed E-state index contributed by atoms with van der Waals surface area (Å²) in [4.78, 5) is 13.8. The van der Waals surface area contributed by atoms with Gasteiger partial charge in [-0.05, 0) is 38.1 Å². The summed E-state index contributed by atoms with van der Waals surface area (Å²) in [5.74, 6) is 0.798. The summed E-state index contributed by atoms with van der Waals surface area (Å²) in [7, 11) is 0. The average molecular weight is 262 g/mol. The van der Waals surface area contributed by atoms with E-state index in [9.17, 15) is 4.79 Å². The normalized spacial score (nSPS) is 10.3. The molecule has 0 saturated carbocycles. The van der Waals surface area contributed by atoms with Gasteiger partial charge in [-0.15, -0.1) is 6.58 Å². The lowest BCUT2D eigenvalue weighted by Crippen LogP contribution is -2.37. The van der Waals surface area contributed by atoms with Crippen LogP contribution in [0.2, 0.25) is 0 Å². The number of ether oxygens (including phenoxy) is 1. The van der Waals surface area contributed by atoms with Gasteiger partial charge in [0.15, 0.2) is 0 Å². The molecule has 104 valence electrons. The van der Waals surface area contributed by atoms with Crippen LogP contribution in [-0.4, -0.2) is 30.0 Å². The zero-order chi connectivity index (χ0) is 14.3. The number of carbonyl (C=O) groups is 1. The van der Waals surface area contributed by atoms with Gasteiger partial charge in [0.05, 0.1) is 13.0 Å². The summed E-state index contributed by atoms with van der Waals surface area (Å²) in [6, 6.07) is 7.31. The molecule has 0 saturated heterocycles. The van der Waals surface area contributed by atoms with Crippen molar-refractivity contribution in [2.24, 2.45) is 0 Å². The first-order valence-corrected chi connectivity index (χ1v) is 6.43. The van der Waals surface area contributed by atoms with Crippen molar-refractivity contribution in [2.75, 3.05) is 18.9 Å². The molecule has 1 rings (SSSR count). The van der Waals surface area contributed by atoms with Crippen molar-refractivity contribution in [3.8, 4) is 5.75 Å². The van der Waals surface area contributed by atoms with Crippen LogP contribution in [0.15, 0.2) is 36.9 Å². The molecule has 4 nitrogen and oxygen atoms in total. The van der Waals surface area contributed by atoms with Gasteiger partial charge in [-0.25, -0.2) is 0 Å². The van der Waals surface area contributed by atoms with Crippen molar-refractivity contribution in [3.63, 3.8) is 0 Å². The average Bonchev–Trinajstić information content (AvgIpc) is 2.37. The highest BCUT2D eigenvalue weighted by Gasteiger charge is 2.14. The lowest BCUT2D eigenvalue weighted by Gasteiger charge is -2.25. The van der Waals surface area contributed by atoms with Crippen molar-refractivity contribution >= 4 is 11.6 Å². The number of nitrogens with zero attached hydrogens (tertiary/aromatic N) is 1. The molecule has 0 bridgehead atoms. The van der Waals surface area contributed by atoms with Gasteiger partial charge < -0.3 is 15.4 Å². The Morgan fingerprint density at radius 2 is 2.05 bits per heavy atom.